The maximum atomic E-state index is 4.71. The molecule has 0 radical (unpaired) electrons. The zero-order chi connectivity index (χ0) is 14.3. The summed E-state index contributed by atoms with van der Waals surface area (Å²) in [5, 5.41) is 15.9. The van der Waals surface area contributed by atoms with E-state index in [0.717, 1.165) is 31.7 Å². The van der Waals surface area contributed by atoms with E-state index in [1.165, 1.54) is 32.1 Å². The third kappa shape index (κ3) is 4.14. The van der Waals surface area contributed by atoms with Crippen molar-refractivity contribution in [2.75, 3.05) is 6.54 Å². The first-order valence-electron chi connectivity index (χ1n) is 8.01. The van der Waals surface area contributed by atoms with Crippen molar-refractivity contribution in [3.8, 4) is 0 Å². The van der Waals surface area contributed by atoms with E-state index in [1.54, 1.807) is 6.20 Å². The van der Waals surface area contributed by atoms with Crippen LogP contribution in [0.15, 0.2) is 24.7 Å². The number of aromatic nitrogens is 5. The van der Waals surface area contributed by atoms with E-state index in [0.29, 0.717) is 6.04 Å². The first kappa shape index (κ1) is 14.3. The summed E-state index contributed by atoms with van der Waals surface area (Å²) in [5.41, 5.74) is 1.14. The number of nitrogens with one attached hydrogen (secondary N) is 1. The molecule has 6 nitrogen and oxygen atoms in total. The molecular formula is C15H24N6. The monoisotopic (exact) mass is 288 g/mol. The summed E-state index contributed by atoms with van der Waals surface area (Å²) in [6, 6.07) is 2.76. The molecule has 0 aliphatic heterocycles. The van der Waals surface area contributed by atoms with Gasteiger partial charge in [-0.15, -0.1) is 5.10 Å². The normalized spacial score (nSPS) is 16.4. The van der Waals surface area contributed by atoms with Crippen LogP contribution < -0.4 is 5.32 Å². The third-order valence-electron chi connectivity index (χ3n) is 4.13. The lowest BCUT2D eigenvalue weighted by Gasteiger charge is -2.21. The van der Waals surface area contributed by atoms with E-state index in [-0.39, 0.29) is 0 Å². The Labute approximate surface area is 125 Å². The zero-order valence-corrected chi connectivity index (χ0v) is 12.5. The van der Waals surface area contributed by atoms with Crippen LogP contribution in [0.25, 0.3) is 0 Å². The number of rotatable bonds is 7. The third-order valence-corrected chi connectivity index (χ3v) is 4.13. The van der Waals surface area contributed by atoms with Crippen LogP contribution >= 0.6 is 0 Å². The summed E-state index contributed by atoms with van der Waals surface area (Å²) in [7, 11) is 0. The van der Waals surface area contributed by atoms with E-state index < -0.39 is 0 Å². The molecule has 114 valence electrons. The molecule has 0 unspecified atom stereocenters. The van der Waals surface area contributed by atoms with Gasteiger partial charge in [-0.1, -0.05) is 24.5 Å². The molecule has 6 heteroatoms. The van der Waals surface area contributed by atoms with Gasteiger partial charge in [-0.2, -0.15) is 5.10 Å². The predicted molar refractivity (Wildman–Crippen MR) is 80.7 cm³/mol. The summed E-state index contributed by atoms with van der Waals surface area (Å²) in [5.74, 6) is 0. The fourth-order valence-electron chi connectivity index (χ4n) is 2.96. The van der Waals surface area contributed by atoms with E-state index in [2.05, 4.69) is 32.6 Å². The van der Waals surface area contributed by atoms with E-state index in [9.17, 15) is 0 Å². The molecule has 1 saturated carbocycles. The molecule has 0 saturated heterocycles. The van der Waals surface area contributed by atoms with Crippen LogP contribution in [0.5, 0.6) is 0 Å². The molecule has 2 heterocycles. The standard InChI is InChI=1S/C15H24N6/c1-2-5-15(6-3-1)21-11-7-14(18-21)13-16-8-4-10-20-12-9-17-19-20/h7,9,11-12,15-16H,1-6,8,10,13H2. The lowest BCUT2D eigenvalue weighted by Crippen LogP contribution is -2.18. The molecule has 21 heavy (non-hydrogen) atoms. The van der Waals surface area contributed by atoms with E-state index in [4.69, 9.17) is 5.10 Å². The number of aryl methyl sites for hydroxylation is 1. The molecule has 0 atom stereocenters. The van der Waals surface area contributed by atoms with Crippen LogP contribution in [0, 0.1) is 0 Å². The largest absolute Gasteiger partial charge is 0.311 e. The molecule has 1 fully saturated rings. The molecule has 2 aromatic heterocycles. The Morgan fingerprint density at radius 3 is 2.90 bits per heavy atom. The summed E-state index contributed by atoms with van der Waals surface area (Å²) in [6.07, 6.45) is 13.4. The second-order valence-electron chi connectivity index (χ2n) is 5.78. The average Bonchev–Trinajstić information content (AvgIpc) is 3.19. The van der Waals surface area contributed by atoms with Gasteiger partial charge in [0.1, 0.15) is 0 Å². The smallest absolute Gasteiger partial charge is 0.0762 e. The lowest BCUT2D eigenvalue weighted by molar-refractivity contribution is 0.327. The van der Waals surface area contributed by atoms with Crippen molar-refractivity contribution >= 4 is 0 Å². The fourth-order valence-corrected chi connectivity index (χ4v) is 2.96. The van der Waals surface area contributed by atoms with Gasteiger partial charge in [0, 0.05) is 25.5 Å². The van der Waals surface area contributed by atoms with E-state index >= 15 is 0 Å². The van der Waals surface area contributed by atoms with Crippen LogP contribution in [0.2, 0.25) is 0 Å². The summed E-state index contributed by atoms with van der Waals surface area (Å²) < 4.78 is 4.03. The Morgan fingerprint density at radius 1 is 1.19 bits per heavy atom. The molecule has 2 aromatic rings. The first-order valence-corrected chi connectivity index (χ1v) is 8.01. The Kier molecular flexibility index (Phi) is 4.99. The van der Waals surface area contributed by atoms with Gasteiger partial charge < -0.3 is 5.32 Å². The molecule has 1 aliphatic carbocycles. The minimum Gasteiger partial charge on any atom is -0.311 e. The van der Waals surface area contributed by atoms with Crippen LogP contribution in [0.3, 0.4) is 0 Å². The highest BCUT2D eigenvalue weighted by atomic mass is 15.4. The SMILES string of the molecule is c1cn(CCCNCc2ccn(C3CCCCC3)n2)nn1. The first-order chi connectivity index (χ1) is 10.4. The minimum atomic E-state index is 0.625. The van der Waals surface area contributed by atoms with Crippen molar-refractivity contribution < 1.29 is 0 Å². The van der Waals surface area contributed by atoms with Gasteiger partial charge in [-0.3, -0.25) is 9.36 Å². The molecule has 0 bridgehead atoms. The predicted octanol–water partition coefficient (Wildman–Crippen LogP) is 2.16. The van der Waals surface area contributed by atoms with Gasteiger partial charge in [0.25, 0.3) is 0 Å². The molecule has 0 spiro atoms. The Balaban J connectivity index is 1.36. The second-order valence-corrected chi connectivity index (χ2v) is 5.78. The molecular weight excluding hydrogens is 264 g/mol. The molecule has 1 aliphatic rings. The summed E-state index contributed by atoms with van der Waals surface area (Å²) in [6.45, 7) is 2.72. The fraction of sp³-hybridized carbons (Fsp3) is 0.667. The highest BCUT2D eigenvalue weighted by molar-refractivity contribution is 4.99. The molecule has 0 aromatic carbocycles. The Hall–Kier alpha value is -1.69. The lowest BCUT2D eigenvalue weighted by atomic mass is 9.96. The van der Waals surface area contributed by atoms with Gasteiger partial charge in [0.15, 0.2) is 0 Å². The second kappa shape index (κ2) is 7.36. The molecule has 3 rings (SSSR count). The van der Waals surface area contributed by atoms with Crippen LogP contribution in [0.4, 0.5) is 0 Å². The number of hydrogen-bond acceptors (Lipinski definition) is 4. The minimum absolute atomic E-state index is 0.625. The van der Waals surface area contributed by atoms with Gasteiger partial charge >= 0.3 is 0 Å². The highest BCUT2D eigenvalue weighted by Crippen LogP contribution is 2.27. The van der Waals surface area contributed by atoms with Gasteiger partial charge in [0.05, 0.1) is 17.9 Å². The van der Waals surface area contributed by atoms with Crippen molar-refractivity contribution in [3.63, 3.8) is 0 Å². The molecule has 1 N–H and O–H groups in total. The van der Waals surface area contributed by atoms with Gasteiger partial charge in [0.2, 0.25) is 0 Å². The van der Waals surface area contributed by atoms with E-state index in [1.807, 2.05) is 10.9 Å². The maximum Gasteiger partial charge on any atom is 0.0762 e. The number of nitrogens with zero attached hydrogens (tertiary/aromatic N) is 5. The van der Waals surface area contributed by atoms with Crippen molar-refractivity contribution in [2.24, 2.45) is 0 Å². The summed E-state index contributed by atoms with van der Waals surface area (Å²) in [4.78, 5) is 0. The Bertz CT molecular complexity index is 512. The zero-order valence-electron chi connectivity index (χ0n) is 12.5. The number of hydrogen-bond donors (Lipinski definition) is 1. The maximum absolute atomic E-state index is 4.71. The van der Waals surface area contributed by atoms with Crippen molar-refractivity contribution in [3.05, 3.63) is 30.4 Å². The van der Waals surface area contributed by atoms with Gasteiger partial charge in [-0.25, -0.2) is 0 Å². The quantitative estimate of drug-likeness (QED) is 0.793. The van der Waals surface area contributed by atoms with Crippen molar-refractivity contribution in [1.82, 2.24) is 30.1 Å². The van der Waals surface area contributed by atoms with Crippen molar-refractivity contribution in [1.29, 1.82) is 0 Å². The molecule has 0 amide bonds. The average molecular weight is 288 g/mol. The van der Waals surface area contributed by atoms with Crippen molar-refractivity contribution in [2.45, 2.75) is 57.7 Å². The van der Waals surface area contributed by atoms with Crippen LogP contribution in [0.1, 0.15) is 50.3 Å². The topological polar surface area (TPSA) is 60.6 Å². The highest BCUT2D eigenvalue weighted by Gasteiger charge is 2.15. The Morgan fingerprint density at radius 2 is 2.10 bits per heavy atom. The summed E-state index contributed by atoms with van der Waals surface area (Å²) >= 11 is 0. The van der Waals surface area contributed by atoms with Crippen LogP contribution in [-0.4, -0.2) is 31.3 Å². The van der Waals surface area contributed by atoms with Gasteiger partial charge in [-0.05, 0) is 31.9 Å². The van der Waals surface area contributed by atoms with Crippen LogP contribution in [-0.2, 0) is 13.1 Å².